The Kier molecular flexibility index (Phi) is 5.10. The van der Waals surface area contributed by atoms with Crippen LogP contribution in [0.25, 0.3) is 0 Å². The van der Waals surface area contributed by atoms with E-state index in [9.17, 15) is 13.5 Å². The first kappa shape index (κ1) is 16.1. The zero-order valence-electron chi connectivity index (χ0n) is 12.0. The molecule has 1 aromatic carbocycles. The van der Waals surface area contributed by atoms with E-state index in [0.29, 0.717) is 5.56 Å². The van der Waals surface area contributed by atoms with Gasteiger partial charge in [0.1, 0.15) is 5.01 Å². The van der Waals surface area contributed by atoms with Gasteiger partial charge in [-0.3, -0.25) is 0 Å². The third-order valence-corrected chi connectivity index (χ3v) is 5.71. The fourth-order valence-corrected chi connectivity index (χ4v) is 3.75. The quantitative estimate of drug-likeness (QED) is 0.851. The summed E-state index contributed by atoms with van der Waals surface area (Å²) < 4.78 is 27.0. The van der Waals surface area contributed by atoms with Crippen LogP contribution >= 0.6 is 11.3 Å². The molecule has 5 nitrogen and oxygen atoms in total. The van der Waals surface area contributed by atoms with Crippen molar-refractivity contribution in [3.63, 3.8) is 0 Å². The molecule has 0 atom stereocenters. The minimum atomic E-state index is -3.60. The van der Waals surface area contributed by atoms with Gasteiger partial charge in [0.2, 0.25) is 10.0 Å². The zero-order valence-corrected chi connectivity index (χ0v) is 13.6. The van der Waals surface area contributed by atoms with Crippen molar-refractivity contribution in [2.75, 3.05) is 0 Å². The summed E-state index contributed by atoms with van der Waals surface area (Å²) in [5.74, 6) is 0. The second-order valence-corrected chi connectivity index (χ2v) is 7.61. The molecular formula is C14H18N2O3S2. The summed E-state index contributed by atoms with van der Waals surface area (Å²) in [5, 5.41) is 9.96. The van der Waals surface area contributed by atoms with E-state index >= 15 is 0 Å². The van der Waals surface area contributed by atoms with Crippen molar-refractivity contribution in [3.8, 4) is 0 Å². The van der Waals surface area contributed by atoms with E-state index in [0.717, 1.165) is 21.9 Å². The van der Waals surface area contributed by atoms with Crippen molar-refractivity contribution in [1.29, 1.82) is 0 Å². The van der Waals surface area contributed by atoms with Crippen molar-refractivity contribution in [2.45, 2.75) is 38.3 Å². The highest BCUT2D eigenvalue weighted by Gasteiger charge is 2.15. The summed E-state index contributed by atoms with van der Waals surface area (Å²) in [7, 11) is -3.60. The van der Waals surface area contributed by atoms with E-state index < -0.39 is 10.0 Å². The molecule has 0 aliphatic heterocycles. The zero-order chi connectivity index (χ0) is 15.5. The molecular weight excluding hydrogens is 308 g/mol. The first-order valence-electron chi connectivity index (χ1n) is 6.60. The topological polar surface area (TPSA) is 79.3 Å². The van der Waals surface area contributed by atoms with Crippen molar-refractivity contribution >= 4 is 21.4 Å². The lowest BCUT2D eigenvalue weighted by Crippen LogP contribution is -2.23. The van der Waals surface area contributed by atoms with Crippen LogP contribution in [0, 0.1) is 6.92 Å². The van der Waals surface area contributed by atoms with Gasteiger partial charge in [0.05, 0.1) is 18.0 Å². The molecule has 0 aliphatic carbocycles. The first-order chi connectivity index (χ1) is 9.96. The second kappa shape index (κ2) is 6.65. The van der Waals surface area contributed by atoms with E-state index in [2.05, 4.69) is 9.71 Å². The summed E-state index contributed by atoms with van der Waals surface area (Å²) in [5.41, 5.74) is 1.48. The molecule has 0 fully saturated rings. The maximum atomic E-state index is 12.2. The summed E-state index contributed by atoms with van der Waals surface area (Å²) in [4.78, 5) is 5.47. The molecule has 2 aromatic rings. The Morgan fingerprint density at radius 2 is 2.14 bits per heavy atom. The monoisotopic (exact) mass is 326 g/mol. The molecule has 114 valence electrons. The Morgan fingerprint density at radius 3 is 2.76 bits per heavy atom. The van der Waals surface area contributed by atoms with Gasteiger partial charge in [0.15, 0.2) is 0 Å². The van der Waals surface area contributed by atoms with Crippen molar-refractivity contribution in [1.82, 2.24) is 9.71 Å². The Bertz CT molecular complexity index is 724. The third kappa shape index (κ3) is 3.88. The van der Waals surface area contributed by atoms with E-state index in [4.69, 9.17) is 0 Å². The minimum Gasteiger partial charge on any atom is -0.392 e. The second-order valence-electron chi connectivity index (χ2n) is 4.64. The summed E-state index contributed by atoms with van der Waals surface area (Å²) >= 11 is 1.50. The molecule has 1 aromatic heterocycles. The van der Waals surface area contributed by atoms with E-state index in [-0.39, 0.29) is 18.0 Å². The lowest BCUT2D eigenvalue weighted by molar-refractivity contribution is 0.280. The predicted octanol–water partition coefficient (Wildman–Crippen LogP) is 1.98. The fourth-order valence-electron chi connectivity index (χ4n) is 1.82. The first-order valence-corrected chi connectivity index (χ1v) is 8.90. The number of hydrogen-bond donors (Lipinski definition) is 2. The number of rotatable bonds is 6. The lowest BCUT2D eigenvalue weighted by atomic mass is 10.1. The highest BCUT2D eigenvalue weighted by Crippen LogP contribution is 2.17. The van der Waals surface area contributed by atoms with Crippen LogP contribution < -0.4 is 4.72 Å². The summed E-state index contributed by atoms with van der Waals surface area (Å²) in [6.07, 6.45) is 2.66. The van der Waals surface area contributed by atoms with Gasteiger partial charge in [0.25, 0.3) is 0 Å². The van der Waals surface area contributed by atoms with Crippen LogP contribution in [-0.2, 0) is 29.6 Å². The number of sulfonamides is 1. The number of thiazole rings is 1. The van der Waals surface area contributed by atoms with Crippen molar-refractivity contribution in [2.24, 2.45) is 0 Å². The molecule has 2 N–H and O–H groups in total. The highest BCUT2D eigenvalue weighted by molar-refractivity contribution is 7.89. The Balaban J connectivity index is 2.14. The summed E-state index contributed by atoms with van der Waals surface area (Å²) in [6.45, 7) is 3.86. The molecule has 0 unspecified atom stereocenters. The number of aryl methyl sites for hydroxylation is 2. The van der Waals surface area contributed by atoms with E-state index in [1.54, 1.807) is 12.3 Å². The minimum absolute atomic E-state index is 0.157. The van der Waals surface area contributed by atoms with Gasteiger partial charge in [-0.1, -0.05) is 13.0 Å². The average Bonchev–Trinajstić information content (AvgIpc) is 2.93. The molecule has 0 amide bonds. The normalized spacial score (nSPS) is 11.8. The van der Waals surface area contributed by atoms with Gasteiger partial charge < -0.3 is 5.11 Å². The highest BCUT2D eigenvalue weighted by atomic mass is 32.2. The van der Waals surface area contributed by atoms with Crippen LogP contribution in [0.4, 0.5) is 0 Å². The Labute approximate surface area is 128 Å². The number of aromatic nitrogens is 1. The molecule has 0 radical (unpaired) electrons. The van der Waals surface area contributed by atoms with Gasteiger partial charge in [0, 0.05) is 11.1 Å². The average molecular weight is 326 g/mol. The molecule has 7 heteroatoms. The van der Waals surface area contributed by atoms with Crippen LogP contribution in [-0.4, -0.2) is 18.5 Å². The SMILES string of the molecule is CCc1cnc(CNS(=O)(=O)c2ccc(C)c(CO)c2)s1. The molecule has 0 bridgehead atoms. The number of hydrogen-bond acceptors (Lipinski definition) is 5. The number of nitrogens with zero attached hydrogens (tertiary/aromatic N) is 1. The van der Waals surface area contributed by atoms with Crippen molar-refractivity contribution in [3.05, 3.63) is 45.4 Å². The smallest absolute Gasteiger partial charge is 0.240 e. The molecule has 21 heavy (non-hydrogen) atoms. The molecule has 0 saturated heterocycles. The van der Waals surface area contributed by atoms with Crippen LogP contribution in [0.15, 0.2) is 29.3 Å². The third-order valence-electron chi connectivity index (χ3n) is 3.16. The predicted molar refractivity (Wildman–Crippen MR) is 82.6 cm³/mol. The van der Waals surface area contributed by atoms with E-state index in [1.807, 2.05) is 13.8 Å². The summed E-state index contributed by atoms with van der Waals surface area (Å²) in [6, 6.07) is 4.73. The molecule has 0 saturated carbocycles. The Hall–Kier alpha value is -1.28. The molecule has 2 rings (SSSR count). The number of aliphatic hydroxyl groups excluding tert-OH is 1. The Morgan fingerprint density at radius 1 is 1.38 bits per heavy atom. The van der Waals surface area contributed by atoms with Crippen LogP contribution in [0.2, 0.25) is 0 Å². The standard InChI is InChI=1S/C14H18N2O3S2/c1-3-12-7-15-14(20-12)8-16-21(18,19)13-5-4-10(2)11(6-13)9-17/h4-7,16-17H,3,8-9H2,1-2H3. The van der Waals surface area contributed by atoms with Crippen LogP contribution in [0.3, 0.4) is 0 Å². The van der Waals surface area contributed by atoms with Gasteiger partial charge in [-0.05, 0) is 36.6 Å². The fraction of sp³-hybridized carbons (Fsp3) is 0.357. The molecule has 0 aliphatic rings. The molecule has 1 heterocycles. The van der Waals surface area contributed by atoms with Crippen LogP contribution in [0.5, 0.6) is 0 Å². The van der Waals surface area contributed by atoms with Crippen molar-refractivity contribution < 1.29 is 13.5 Å². The van der Waals surface area contributed by atoms with Crippen LogP contribution in [0.1, 0.15) is 27.9 Å². The van der Waals surface area contributed by atoms with Gasteiger partial charge in [-0.25, -0.2) is 18.1 Å². The van der Waals surface area contributed by atoms with Gasteiger partial charge in [-0.15, -0.1) is 11.3 Å². The maximum Gasteiger partial charge on any atom is 0.240 e. The van der Waals surface area contributed by atoms with Gasteiger partial charge in [-0.2, -0.15) is 0 Å². The lowest BCUT2D eigenvalue weighted by Gasteiger charge is -2.08. The largest absolute Gasteiger partial charge is 0.392 e. The number of nitrogens with one attached hydrogen (secondary N) is 1. The van der Waals surface area contributed by atoms with E-state index in [1.165, 1.54) is 23.5 Å². The molecule has 0 spiro atoms. The number of aliphatic hydroxyl groups is 1. The maximum absolute atomic E-state index is 12.2. The van der Waals surface area contributed by atoms with Gasteiger partial charge >= 0.3 is 0 Å². The number of benzene rings is 1.